The molecule has 1 aliphatic rings. The summed E-state index contributed by atoms with van der Waals surface area (Å²) in [6.07, 6.45) is 0.152. The molecule has 0 bridgehead atoms. The Balaban J connectivity index is 2.53. The summed E-state index contributed by atoms with van der Waals surface area (Å²) in [5.74, 6) is 0.624. The highest BCUT2D eigenvalue weighted by atomic mass is 35.5. The minimum absolute atomic E-state index is 0.310. The number of hydrogen-bond acceptors (Lipinski definition) is 8. The van der Waals surface area contributed by atoms with Crippen LogP contribution in [0.3, 0.4) is 0 Å². The summed E-state index contributed by atoms with van der Waals surface area (Å²) in [7, 11) is 0. The Labute approximate surface area is 225 Å². The van der Waals surface area contributed by atoms with Gasteiger partial charge in [-0.3, -0.25) is 0 Å². The van der Waals surface area contributed by atoms with Gasteiger partial charge in [0.2, 0.25) is 0 Å². The maximum absolute atomic E-state index is 12.5. The standard InChI is InChI=1S/C24H44Cl2N2O8/c1-19(2)17-21(25)35-23(29)27-5-9-31-13-15-33-11-7-28(8-12-34-16-14-32-10-6-27)24(30)36-22(26)18-20(3)4/h19-22H,5-18H2,1-4H3. The summed E-state index contributed by atoms with van der Waals surface area (Å²) in [4.78, 5) is 28.1. The minimum Gasteiger partial charge on any atom is -0.430 e. The van der Waals surface area contributed by atoms with Crippen molar-refractivity contribution in [1.29, 1.82) is 0 Å². The predicted octanol–water partition coefficient (Wildman–Crippen LogP) is 4.17. The first-order valence-electron chi connectivity index (χ1n) is 12.7. The van der Waals surface area contributed by atoms with Crippen LogP contribution in [0.1, 0.15) is 40.5 Å². The molecule has 1 rings (SSSR count). The Hall–Kier alpha value is -1.04. The fraction of sp³-hybridized carbons (Fsp3) is 0.917. The van der Waals surface area contributed by atoms with E-state index in [0.717, 1.165) is 0 Å². The van der Waals surface area contributed by atoms with Crippen LogP contribution in [0.25, 0.3) is 0 Å². The first kappa shape index (κ1) is 33.0. The molecule has 1 aliphatic heterocycles. The summed E-state index contributed by atoms with van der Waals surface area (Å²) in [6, 6.07) is 0. The van der Waals surface area contributed by atoms with Crippen molar-refractivity contribution in [3.05, 3.63) is 0 Å². The Morgan fingerprint density at radius 3 is 1.14 bits per heavy atom. The van der Waals surface area contributed by atoms with E-state index in [1.54, 1.807) is 0 Å². The van der Waals surface area contributed by atoms with Crippen LogP contribution in [0.4, 0.5) is 9.59 Å². The number of nitrogens with zero attached hydrogens (tertiary/aromatic N) is 2. The zero-order valence-corrected chi connectivity index (χ0v) is 23.6. The maximum Gasteiger partial charge on any atom is 0.411 e. The summed E-state index contributed by atoms with van der Waals surface area (Å²) < 4.78 is 33.1. The van der Waals surface area contributed by atoms with Crippen LogP contribution in [0.2, 0.25) is 0 Å². The molecule has 36 heavy (non-hydrogen) atoms. The molecule has 1 fully saturated rings. The van der Waals surface area contributed by atoms with Gasteiger partial charge in [-0.05, 0) is 11.8 Å². The highest BCUT2D eigenvalue weighted by Crippen LogP contribution is 2.14. The monoisotopic (exact) mass is 558 g/mol. The van der Waals surface area contributed by atoms with Gasteiger partial charge in [0.25, 0.3) is 0 Å². The molecule has 0 saturated carbocycles. The molecule has 0 aromatic carbocycles. The lowest BCUT2D eigenvalue weighted by atomic mass is 10.1. The summed E-state index contributed by atoms with van der Waals surface area (Å²) in [5.41, 5.74) is -1.37. The van der Waals surface area contributed by atoms with Crippen molar-refractivity contribution in [2.75, 3.05) is 79.0 Å². The van der Waals surface area contributed by atoms with Gasteiger partial charge in [-0.2, -0.15) is 0 Å². The zero-order chi connectivity index (χ0) is 26.8. The fourth-order valence-corrected chi connectivity index (χ4v) is 4.00. The molecule has 2 amide bonds. The second-order valence-corrected chi connectivity index (χ2v) is 10.2. The molecule has 0 aromatic heterocycles. The molecule has 1 heterocycles. The number of carbonyl (C=O) groups excluding carboxylic acids is 2. The Bertz CT molecular complexity index is 530. The van der Waals surface area contributed by atoms with Gasteiger partial charge in [0.15, 0.2) is 11.1 Å². The third kappa shape index (κ3) is 16.7. The largest absolute Gasteiger partial charge is 0.430 e. The average molecular weight is 560 g/mol. The van der Waals surface area contributed by atoms with Crippen LogP contribution in [0.15, 0.2) is 0 Å². The molecule has 0 radical (unpaired) electrons. The van der Waals surface area contributed by atoms with Gasteiger partial charge in [0, 0.05) is 39.0 Å². The van der Waals surface area contributed by atoms with Gasteiger partial charge in [0.05, 0.1) is 52.9 Å². The van der Waals surface area contributed by atoms with E-state index >= 15 is 0 Å². The zero-order valence-electron chi connectivity index (χ0n) is 22.1. The highest BCUT2D eigenvalue weighted by Gasteiger charge is 2.21. The molecule has 0 spiro atoms. The van der Waals surface area contributed by atoms with E-state index < -0.39 is 23.3 Å². The van der Waals surface area contributed by atoms with Gasteiger partial charge in [-0.15, -0.1) is 0 Å². The third-order valence-corrected chi connectivity index (χ3v) is 5.59. The molecule has 0 N–H and O–H groups in total. The van der Waals surface area contributed by atoms with E-state index in [1.165, 1.54) is 9.80 Å². The van der Waals surface area contributed by atoms with E-state index in [0.29, 0.717) is 104 Å². The van der Waals surface area contributed by atoms with E-state index in [-0.39, 0.29) is 0 Å². The average Bonchev–Trinajstić information content (AvgIpc) is 2.77. The van der Waals surface area contributed by atoms with Crippen molar-refractivity contribution in [2.24, 2.45) is 11.8 Å². The van der Waals surface area contributed by atoms with Gasteiger partial charge in [0.1, 0.15) is 0 Å². The number of ether oxygens (including phenoxy) is 6. The van der Waals surface area contributed by atoms with Crippen LogP contribution in [0.5, 0.6) is 0 Å². The van der Waals surface area contributed by atoms with Crippen molar-refractivity contribution in [2.45, 2.75) is 51.7 Å². The van der Waals surface area contributed by atoms with Crippen molar-refractivity contribution in [1.82, 2.24) is 9.80 Å². The molecule has 1 saturated heterocycles. The summed E-state index contributed by atoms with van der Waals surface area (Å²) in [5, 5.41) is 0. The Kier molecular flexibility index (Phi) is 18.3. The van der Waals surface area contributed by atoms with E-state index in [2.05, 4.69) is 0 Å². The Morgan fingerprint density at radius 1 is 0.611 bits per heavy atom. The smallest absolute Gasteiger partial charge is 0.411 e. The molecular weight excluding hydrogens is 515 g/mol. The first-order chi connectivity index (χ1) is 17.2. The number of hydrogen-bond donors (Lipinski definition) is 0. The minimum atomic E-state index is -0.684. The molecule has 212 valence electrons. The predicted molar refractivity (Wildman–Crippen MR) is 138 cm³/mol. The third-order valence-electron chi connectivity index (χ3n) is 5.05. The normalized spacial score (nSPS) is 19.9. The lowest BCUT2D eigenvalue weighted by molar-refractivity contribution is 0.00321. The molecule has 2 unspecified atom stereocenters. The quantitative estimate of drug-likeness (QED) is 0.448. The topological polar surface area (TPSA) is 96.0 Å². The number of amides is 2. The van der Waals surface area contributed by atoms with Crippen LogP contribution in [0, 0.1) is 11.8 Å². The number of alkyl halides is 2. The van der Waals surface area contributed by atoms with Crippen LogP contribution in [-0.2, 0) is 28.4 Å². The summed E-state index contributed by atoms with van der Waals surface area (Å²) in [6.45, 7) is 12.0. The van der Waals surface area contributed by atoms with Gasteiger partial charge in [-0.1, -0.05) is 50.9 Å². The SMILES string of the molecule is CC(C)CC(Cl)OC(=O)N1CCOCCOCCN(C(=O)OC(Cl)CC(C)C)CCOCCOCC1. The van der Waals surface area contributed by atoms with Gasteiger partial charge < -0.3 is 38.2 Å². The lowest BCUT2D eigenvalue weighted by Gasteiger charge is -2.25. The number of halogens is 2. The molecular formula is C24H44Cl2N2O8. The van der Waals surface area contributed by atoms with Crippen LogP contribution >= 0.6 is 23.2 Å². The summed E-state index contributed by atoms with van der Waals surface area (Å²) >= 11 is 12.3. The van der Waals surface area contributed by atoms with Crippen LogP contribution < -0.4 is 0 Å². The molecule has 0 aliphatic carbocycles. The van der Waals surface area contributed by atoms with Crippen molar-refractivity contribution in [3.63, 3.8) is 0 Å². The fourth-order valence-electron chi connectivity index (χ4n) is 3.14. The number of carbonyl (C=O) groups is 2. The second-order valence-electron chi connectivity index (χ2n) is 9.27. The van der Waals surface area contributed by atoms with E-state index in [1.807, 2.05) is 27.7 Å². The maximum atomic E-state index is 12.5. The lowest BCUT2D eigenvalue weighted by Crippen LogP contribution is -2.39. The van der Waals surface area contributed by atoms with Crippen molar-refractivity contribution < 1.29 is 38.0 Å². The van der Waals surface area contributed by atoms with Crippen molar-refractivity contribution in [3.8, 4) is 0 Å². The number of rotatable bonds is 6. The second kappa shape index (κ2) is 20.0. The molecule has 2 atom stereocenters. The highest BCUT2D eigenvalue weighted by molar-refractivity contribution is 6.20. The Morgan fingerprint density at radius 2 is 0.889 bits per heavy atom. The van der Waals surface area contributed by atoms with E-state index in [9.17, 15) is 9.59 Å². The van der Waals surface area contributed by atoms with Crippen molar-refractivity contribution >= 4 is 35.4 Å². The molecule has 0 aromatic rings. The van der Waals surface area contributed by atoms with Crippen LogP contribution in [-0.4, -0.2) is 112 Å². The molecule has 10 nitrogen and oxygen atoms in total. The first-order valence-corrected chi connectivity index (χ1v) is 13.6. The van der Waals surface area contributed by atoms with Gasteiger partial charge in [-0.25, -0.2) is 9.59 Å². The van der Waals surface area contributed by atoms with E-state index in [4.69, 9.17) is 51.6 Å². The molecule has 12 heteroatoms. The van der Waals surface area contributed by atoms with Gasteiger partial charge >= 0.3 is 12.2 Å².